The second kappa shape index (κ2) is 6.36. The van der Waals surface area contributed by atoms with Crippen molar-refractivity contribution in [2.24, 2.45) is 0 Å². The van der Waals surface area contributed by atoms with Gasteiger partial charge in [-0.15, -0.1) is 0 Å². The molecule has 0 aromatic heterocycles. The van der Waals surface area contributed by atoms with Crippen LogP contribution in [-0.4, -0.2) is 19.5 Å². The molecule has 2 nitrogen and oxygen atoms in total. The minimum atomic E-state index is 0.226. The van der Waals surface area contributed by atoms with Gasteiger partial charge in [0.15, 0.2) is 5.78 Å². The van der Waals surface area contributed by atoms with Crippen molar-refractivity contribution in [2.45, 2.75) is 26.2 Å². The van der Waals surface area contributed by atoms with Crippen LogP contribution in [0.2, 0.25) is 0 Å². The zero-order chi connectivity index (χ0) is 11.1. The van der Waals surface area contributed by atoms with Gasteiger partial charge in [-0.1, -0.05) is 31.2 Å². The number of carbonyl (C=O) groups is 1. The predicted molar refractivity (Wildman–Crippen MR) is 61.3 cm³/mol. The number of hydrogen-bond donors (Lipinski definition) is 0. The van der Waals surface area contributed by atoms with E-state index in [1.165, 1.54) is 0 Å². The molecule has 0 aliphatic rings. The highest BCUT2D eigenvalue weighted by Crippen LogP contribution is 2.12. The third-order valence-electron chi connectivity index (χ3n) is 2.45. The highest BCUT2D eigenvalue weighted by Gasteiger charge is 2.08. The molecule has 0 bridgehead atoms. The van der Waals surface area contributed by atoms with E-state index >= 15 is 0 Å². The van der Waals surface area contributed by atoms with Gasteiger partial charge in [0.1, 0.15) is 0 Å². The van der Waals surface area contributed by atoms with Crippen LogP contribution in [0.4, 0.5) is 0 Å². The minimum Gasteiger partial charge on any atom is -0.385 e. The molecule has 0 heterocycles. The number of Topliss-reactive ketones (excluding diaryl/α,β-unsaturated/α-hetero) is 1. The molecule has 0 saturated heterocycles. The molecule has 1 aromatic rings. The second-order valence-electron chi connectivity index (χ2n) is 3.53. The predicted octanol–water partition coefficient (Wildman–Crippen LogP) is 2.86. The third-order valence-corrected chi connectivity index (χ3v) is 2.45. The van der Waals surface area contributed by atoms with Gasteiger partial charge in [-0.2, -0.15) is 0 Å². The molecular weight excluding hydrogens is 188 g/mol. The summed E-state index contributed by atoms with van der Waals surface area (Å²) in [4.78, 5) is 11.8. The number of ketones is 1. The van der Waals surface area contributed by atoms with Crippen molar-refractivity contribution >= 4 is 5.78 Å². The summed E-state index contributed by atoms with van der Waals surface area (Å²) >= 11 is 0. The molecule has 15 heavy (non-hydrogen) atoms. The Morgan fingerprint density at radius 3 is 2.73 bits per heavy atom. The van der Waals surface area contributed by atoms with E-state index in [-0.39, 0.29) is 5.78 Å². The largest absolute Gasteiger partial charge is 0.385 e. The average Bonchev–Trinajstić information content (AvgIpc) is 2.29. The van der Waals surface area contributed by atoms with Gasteiger partial charge in [0.25, 0.3) is 0 Å². The standard InChI is InChI=1S/C13H18O2/c1-3-11-7-4-5-8-12(11)13(14)9-6-10-15-2/h4-5,7-8H,3,6,9-10H2,1-2H3. The Morgan fingerprint density at radius 1 is 1.33 bits per heavy atom. The third kappa shape index (κ3) is 3.48. The zero-order valence-electron chi connectivity index (χ0n) is 9.45. The summed E-state index contributed by atoms with van der Waals surface area (Å²) in [5.74, 6) is 0.226. The Hall–Kier alpha value is -1.15. The second-order valence-corrected chi connectivity index (χ2v) is 3.53. The van der Waals surface area contributed by atoms with Crippen LogP contribution >= 0.6 is 0 Å². The van der Waals surface area contributed by atoms with Crippen molar-refractivity contribution < 1.29 is 9.53 Å². The topological polar surface area (TPSA) is 26.3 Å². The van der Waals surface area contributed by atoms with Gasteiger partial charge in [0, 0.05) is 25.7 Å². The Kier molecular flexibility index (Phi) is 5.05. The lowest BCUT2D eigenvalue weighted by Crippen LogP contribution is -2.04. The molecule has 2 heteroatoms. The van der Waals surface area contributed by atoms with Crippen LogP contribution in [0.1, 0.15) is 35.7 Å². The number of rotatable bonds is 6. The highest BCUT2D eigenvalue weighted by atomic mass is 16.5. The highest BCUT2D eigenvalue weighted by molar-refractivity contribution is 5.97. The Labute approximate surface area is 91.3 Å². The van der Waals surface area contributed by atoms with Crippen LogP contribution in [0.25, 0.3) is 0 Å². The lowest BCUT2D eigenvalue weighted by atomic mass is 9.99. The normalized spacial score (nSPS) is 10.3. The SMILES string of the molecule is CCc1ccccc1C(=O)CCCOC. The molecule has 0 atom stereocenters. The Morgan fingerprint density at radius 2 is 2.07 bits per heavy atom. The molecule has 0 amide bonds. The summed E-state index contributed by atoms with van der Waals surface area (Å²) in [6, 6.07) is 7.82. The van der Waals surface area contributed by atoms with Crippen molar-refractivity contribution in [3.05, 3.63) is 35.4 Å². The molecular formula is C13H18O2. The van der Waals surface area contributed by atoms with E-state index in [1.807, 2.05) is 24.3 Å². The van der Waals surface area contributed by atoms with Crippen LogP contribution < -0.4 is 0 Å². The number of benzene rings is 1. The minimum absolute atomic E-state index is 0.226. The number of hydrogen-bond acceptors (Lipinski definition) is 2. The lowest BCUT2D eigenvalue weighted by Gasteiger charge is -2.06. The number of carbonyl (C=O) groups excluding carboxylic acids is 1. The number of ether oxygens (including phenoxy) is 1. The summed E-state index contributed by atoms with van der Waals surface area (Å²) < 4.78 is 4.93. The van der Waals surface area contributed by atoms with Crippen molar-refractivity contribution in [1.82, 2.24) is 0 Å². The molecule has 82 valence electrons. The molecule has 0 fully saturated rings. The molecule has 1 rings (SSSR count). The van der Waals surface area contributed by atoms with E-state index in [2.05, 4.69) is 6.92 Å². The van der Waals surface area contributed by atoms with E-state index in [0.29, 0.717) is 13.0 Å². The maximum absolute atomic E-state index is 11.8. The Bertz CT molecular complexity index is 318. The van der Waals surface area contributed by atoms with Crippen LogP contribution in [0.3, 0.4) is 0 Å². The maximum atomic E-state index is 11.8. The maximum Gasteiger partial charge on any atom is 0.163 e. The van der Waals surface area contributed by atoms with E-state index in [1.54, 1.807) is 7.11 Å². The molecule has 0 saturated carbocycles. The fraction of sp³-hybridized carbons (Fsp3) is 0.462. The lowest BCUT2D eigenvalue weighted by molar-refractivity contribution is 0.0962. The molecule has 1 aromatic carbocycles. The molecule has 0 radical (unpaired) electrons. The van der Waals surface area contributed by atoms with Gasteiger partial charge < -0.3 is 4.74 Å². The van der Waals surface area contributed by atoms with Gasteiger partial charge in [-0.05, 0) is 18.4 Å². The van der Waals surface area contributed by atoms with Crippen LogP contribution in [0.15, 0.2) is 24.3 Å². The number of aryl methyl sites for hydroxylation is 1. The fourth-order valence-corrected chi connectivity index (χ4v) is 1.61. The molecule has 0 aliphatic carbocycles. The first-order valence-corrected chi connectivity index (χ1v) is 5.39. The van der Waals surface area contributed by atoms with Crippen LogP contribution in [0, 0.1) is 0 Å². The average molecular weight is 206 g/mol. The van der Waals surface area contributed by atoms with Crippen LogP contribution in [0.5, 0.6) is 0 Å². The summed E-state index contributed by atoms with van der Waals surface area (Å²) in [5.41, 5.74) is 2.01. The first-order chi connectivity index (χ1) is 7.29. The van der Waals surface area contributed by atoms with Gasteiger partial charge >= 0.3 is 0 Å². The zero-order valence-corrected chi connectivity index (χ0v) is 9.45. The van der Waals surface area contributed by atoms with Gasteiger partial charge in [-0.3, -0.25) is 4.79 Å². The smallest absolute Gasteiger partial charge is 0.163 e. The van der Waals surface area contributed by atoms with Crippen molar-refractivity contribution in [3.8, 4) is 0 Å². The molecule has 0 aliphatic heterocycles. The van der Waals surface area contributed by atoms with E-state index < -0.39 is 0 Å². The Balaban J connectivity index is 2.64. The van der Waals surface area contributed by atoms with E-state index in [4.69, 9.17) is 4.74 Å². The summed E-state index contributed by atoms with van der Waals surface area (Å²) in [5, 5.41) is 0. The number of methoxy groups -OCH3 is 1. The van der Waals surface area contributed by atoms with Gasteiger partial charge in [-0.25, -0.2) is 0 Å². The first-order valence-electron chi connectivity index (χ1n) is 5.39. The summed E-state index contributed by atoms with van der Waals surface area (Å²) in [7, 11) is 1.66. The molecule has 0 spiro atoms. The van der Waals surface area contributed by atoms with E-state index in [0.717, 1.165) is 24.0 Å². The van der Waals surface area contributed by atoms with Crippen molar-refractivity contribution in [2.75, 3.05) is 13.7 Å². The fourth-order valence-electron chi connectivity index (χ4n) is 1.61. The van der Waals surface area contributed by atoms with Gasteiger partial charge in [0.2, 0.25) is 0 Å². The van der Waals surface area contributed by atoms with Gasteiger partial charge in [0.05, 0.1) is 0 Å². The molecule has 0 N–H and O–H groups in total. The quantitative estimate of drug-likeness (QED) is 0.528. The first kappa shape index (κ1) is 11.9. The monoisotopic (exact) mass is 206 g/mol. The van der Waals surface area contributed by atoms with Crippen LogP contribution in [-0.2, 0) is 11.2 Å². The molecule has 0 unspecified atom stereocenters. The van der Waals surface area contributed by atoms with E-state index in [9.17, 15) is 4.79 Å². The van der Waals surface area contributed by atoms with Crippen molar-refractivity contribution in [3.63, 3.8) is 0 Å². The summed E-state index contributed by atoms with van der Waals surface area (Å²) in [6.07, 6.45) is 2.28. The van der Waals surface area contributed by atoms with Crippen molar-refractivity contribution in [1.29, 1.82) is 0 Å². The summed E-state index contributed by atoms with van der Waals surface area (Å²) in [6.45, 7) is 2.72.